The van der Waals surface area contributed by atoms with E-state index in [4.69, 9.17) is 4.74 Å². The Hall–Kier alpha value is -1.62. The molecule has 0 spiro atoms. The average Bonchev–Trinajstić information content (AvgIpc) is 2.57. The molecule has 5 nitrogen and oxygen atoms in total. The van der Waals surface area contributed by atoms with Gasteiger partial charge in [0.2, 0.25) is 5.88 Å². The quantitative estimate of drug-likeness (QED) is 0.879. The second-order valence-electron chi connectivity index (χ2n) is 4.52. The highest BCUT2D eigenvalue weighted by Gasteiger charge is 2.23. The molecule has 92 valence electrons. The third-order valence-corrected chi connectivity index (χ3v) is 2.73. The summed E-state index contributed by atoms with van der Waals surface area (Å²) in [5.41, 5.74) is 1.69. The van der Waals surface area contributed by atoms with Crippen LogP contribution in [0.1, 0.15) is 31.9 Å². The molecule has 0 fully saturated rings. The summed E-state index contributed by atoms with van der Waals surface area (Å²) in [5.74, 6) is 0.551. The fourth-order valence-corrected chi connectivity index (χ4v) is 1.99. The van der Waals surface area contributed by atoms with Crippen LogP contribution in [0.15, 0.2) is 12.5 Å². The van der Waals surface area contributed by atoms with Gasteiger partial charge in [0.25, 0.3) is 0 Å². The Kier molecular flexibility index (Phi) is 2.79. The summed E-state index contributed by atoms with van der Waals surface area (Å²) in [4.78, 5) is 4.12. The van der Waals surface area contributed by atoms with Crippen molar-refractivity contribution < 1.29 is 9.84 Å². The molecular formula is C12H17N3O2. The first kappa shape index (κ1) is 11.9. The minimum absolute atomic E-state index is 0.551. The number of hydrogen-bond acceptors (Lipinski definition) is 4. The van der Waals surface area contributed by atoms with Crippen molar-refractivity contribution >= 4 is 5.52 Å². The molecule has 0 saturated heterocycles. The van der Waals surface area contributed by atoms with E-state index in [1.165, 1.54) is 6.33 Å². The highest BCUT2D eigenvalue weighted by molar-refractivity contribution is 5.65. The van der Waals surface area contributed by atoms with Crippen molar-refractivity contribution in [3.8, 4) is 5.88 Å². The fourth-order valence-electron chi connectivity index (χ4n) is 1.99. The van der Waals surface area contributed by atoms with Gasteiger partial charge in [-0.05, 0) is 33.3 Å². The first-order chi connectivity index (χ1) is 7.95. The van der Waals surface area contributed by atoms with Crippen molar-refractivity contribution in [3.05, 3.63) is 23.7 Å². The smallest absolute Gasteiger partial charge is 0.241 e. The second-order valence-corrected chi connectivity index (χ2v) is 4.52. The van der Waals surface area contributed by atoms with Gasteiger partial charge >= 0.3 is 0 Å². The van der Waals surface area contributed by atoms with E-state index in [0.29, 0.717) is 12.5 Å². The summed E-state index contributed by atoms with van der Waals surface area (Å²) < 4.78 is 7.17. The SMILES string of the molecule is CCOc1ncnn2cc(C(C)(C)O)c(C)c12. The van der Waals surface area contributed by atoms with Crippen molar-refractivity contribution in [1.29, 1.82) is 0 Å². The van der Waals surface area contributed by atoms with E-state index in [2.05, 4.69) is 10.1 Å². The lowest BCUT2D eigenvalue weighted by Crippen LogP contribution is -2.15. The Labute approximate surface area is 100 Å². The van der Waals surface area contributed by atoms with Crippen LogP contribution in [0.2, 0.25) is 0 Å². The monoisotopic (exact) mass is 235 g/mol. The minimum atomic E-state index is -0.902. The van der Waals surface area contributed by atoms with Gasteiger partial charge in [-0.1, -0.05) is 0 Å². The molecule has 0 unspecified atom stereocenters. The normalized spacial score (nSPS) is 12.1. The largest absolute Gasteiger partial charge is 0.476 e. The van der Waals surface area contributed by atoms with Crippen LogP contribution in [0.3, 0.4) is 0 Å². The molecule has 5 heteroatoms. The van der Waals surface area contributed by atoms with E-state index in [1.54, 1.807) is 18.4 Å². The average molecular weight is 235 g/mol. The van der Waals surface area contributed by atoms with E-state index in [0.717, 1.165) is 16.6 Å². The van der Waals surface area contributed by atoms with Crippen LogP contribution in [-0.2, 0) is 5.60 Å². The van der Waals surface area contributed by atoms with Crippen LogP contribution in [-0.4, -0.2) is 26.3 Å². The van der Waals surface area contributed by atoms with E-state index in [-0.39, 0.29) is 0 Å². The molecule has 2 rings (SSSR count). The lowest BCUT2D eigenvalue weighted by molar-refractivity contribution is 0.0780. The first-order valence-corrected chi connectivity index (χ1v) is 5.63. The summed E-state index contributed by atoms with van der Waals surface area (Å²) in [7, 11) is 0. The fraction of sp³-hybridized carbons (Fsp3) is 0.500. The lowest BCUT2D eigenvalue weighted by Gasteiger charge is -2.16. The number of hydrogen-bond donors (Lipinski definition) is 1. The van der Waals surface area contributed by atoms with Crippen LogP contribution in [0.25, 0.3) is 5.52 Å². The van der Waals surface area contributed by atoms with Crippen molar-refractivity contribution in [2.75, 3.05) is 6.61 Å². The van der Waals surface area contributed by atoms with Crippen LogP contribution < -0.4 is 4.74 Å². The minimum Gasteiger partial charge on any atom is -0.476 e. The summed E-state index contributed by atoms with van der Waals surface area (Å²) >= 11 is 0. The summed E-state index contributed by atoms with van der Waals surface area (Å²) in [6.45, 7) is 7.91. The second kappa shape index (κ2) is 4.00. The molecule has 0 saturated carbocycles. The topological polar surface area (TPSA) is 59.7 Å². The number of aryl methyl sites for hydroxylation is 1. The van der Waals surface area contributed by atoms with Gasteiger partial charge in [0, 0.05) is 11.8 Å². The van der Waals surface area contributed by atoms with E-state index in [9.17, 15) is 5.11 Å². The number of rotatable bonds is 3. The van der Waals surface area contributed by atoms with Gasteiger partial charge in [0.15, 0.2) is 0 Å². The first-order valence-electron chi connectivity index (χ1n) is 5.63. The predicted octanol–water partition coefficient (Wildman–Crippen LogP) is 1.66. The standard InChI is InChI=1S/C12H17N3O2/c1-5-17-11-10-8(2)9(12(3,4)16)6-15(10)14-7-13-11/h6-7,16H,5H2,1-4H3. The van der Waals surface area contributed by atoms with Crippen LogP contribution in [0.5, 0.6) is 5.88 Å². The maximum absolute atomic E-state index is 10.1. The Balaban J connectivity index is 2.70. The van der Waals surface area contributed by atoms with Crippen LogP contribution >= 0.6 is 0 Å². The Bertz CT molecular complexity index is 540. The third-order valence-electron chi connectivity index (χ3n) is 2.73. The van der Waals surface area contributed by atoms with Crippen molar-refractivity contribution in [2.24, 2.45) is 0 Å². The molecule has 0 amide bonds. The van der Waals surface area contributed by atoms with E-state index >= 15 is 0 Å². The zero-order valence-electron chi connectivity index (χ0n) is 10.6. The number of nitrogens with zero attached hydrogens (tertiary/aromatic N) is 3. The number of fused-ring (bicyclic) bond motifs is 1. The molecule has 0 aliphatic rings. The van der Waals surface area contributed by atoms with E-state index < -0.39 is 5.60 Å². The van der Waals surface area contributed by atoms with Crippen LogP contribution in [0.4, 0.5) is 0 Å². The number of aromatic nitrogens is 3. The van der Waals surface area contributed by atoms with Crippen molar-refractivity contribution in [3.63, 3.8) is 0 Å². The van der Waals surface area contributed by atoms with Gasteiger partial charge < -0.3 is 9.84 Å². The van der Waals surface area contributed by atoms with Crippen molar-refractivity contribution in [1.82, 2.24) is 14.6 Å². The molecule has 0 radical (unpaired) electrons. The third kappa shape index (κ3) is 1.98. The molecule has 0 aromatic carbocycles. The van der Waals surface area contributed by atoms with Gasteiger partial charge in [-0.15, -0.1) is 0 Å². The zero-order valence-corrected chi connectivity index (χ0v) is 10.6. The molecule has 17 heavy (non-hydrogen) atoms. The van der Waals surface area contributed by atoms with Gasteiger partial charge in [-0.25, -0.2) is 4.52 Å². The van der Waals surface area contributed by atoms with Gasteiger partial charge in [-0.3, -0.25) is 0 Å². The molecule has 0 bridgehead atoms. The zero-order chi connectivity index (χ0) is 12.6. The molecule has 2 aromatic rings. The van der Waals surface area contributed by atoms with E-state index in [1.807, 2.05) is 20.0 Å². The van der Waals surface area contributed by atoms with Crippen LogP contribution in [0, 0.1) is 6.92 Å². The number of ether oxygens (including phenoxy) is 1. The molecule has 0 atom stereocenters. The maximum Gasteiger partial charge on any atom is 0.241 e. The number of aliphatic hydroxyl groups is 1. The molecule has 2 aromatic heterocycles. The van der Waals surface area contributed by atoms with Gasteiger partial charge in [0.1, 0.15) is 11.8 Å². The Morgan fingerprint density at radius 1 is 1.47 bits per heavy atom. The molecular weight excluding hydrogens is 218 g/mol. The molecule has 2 heterocycles. The van der Waals surface area contributed by atoms with Gasteiger partial charge in [-0.2, -0.15) is 10.1 Å². The summed E-state index contributed by atoms with van der Waals surface area (Å²) in [5, 5.41) is 14.2. The predicted molar refractivity (Wildman–Crippen MR) is 64.1 cm³/mol. The van der Waals surface area contributed by atoms with Gasteiger partial charge in [0.05, 0.1) is 12.2 Å². The Morgan fingerprint density at radius 3 is 2.76 bits per heavy atom. The maximum atomic E-state index is 10.1. The molecule has 0 aliphatic heterocycles. The molecule has 1 N–H and O–H groups in total. The lowest BCUT2D eigenvalue weighted by atomic mass is 9.98. The highest BCUT2D eigenvalue weighted by Crippen LogP contribution is 2.30. The molecule has 0 aliphatic carbocycles. The summed E-state index contributed by atoms with van der Waals surface area (Å²) in [6, 6.07) is 0. The highest BCUT2D eigenvalue weighted by atomic mass is 16.5. The van der Waals surface area contributed by atoms with Crippen molar-refractivity contribution in [2.45, 2.75) is 33.3 Å². The summed E-state index contributed by atoms with van der Waals surface area (Å²) in [6.07, 6.45) is 3.26. The Morgan fingerprint density at radius 2 is 2.18 bits per heavy atom.